The van der Waals surface area contributed by atoms with E-state index in [2.05, 4.69) is 15.3 Å². The highest BCUT2D eigenvalue weighted by Crippen LogP contribution is 2.22. The van der Waals surface area contributed by atoms with Crippen molar-refractivity contribution in [3.63, 3.8) is 0 Å². The maximum Gasteiger partial charge on any atom is 0.263 e. The van der Waals surface area contributed by atoms with E-state index >= 15 is 0 Å². The van der Waals surface area contributed by atoms with E-state index in [0.717, 1.165) is 17.7 Å². The number of carbonyl (C=O) groups excluding carboxylic acids is 1. The summed E-state index contributed by atoms with van der Waals surface area (Å²) in [6, 6.07) is 12.9. The minimum absolute atomic E-state index is 0.0188. The number of nitrogens with zero attached hydrogens (tertiary/aromatic N) is 2. The SMILES string of the molecule is COc1cc(F)c(C(=O)Nc2nc(C)cc(-c3ccccc3)n2)c(F)c1. The Kier molecular flexibility index (Phi) is 4.88. The zero-order valence-corrected chi connectivity index (χ0v) is 14.1. The van der Waals surface area contributed by atoms with Gasteiger partial charge in [0, 0.05) is 23.4 Å². The Hall–Kier alpha value is -3.35. The molecule has 26 heavy (non-hydrogen) atoms. The van der Waals surface area contributed by atoms with Crippen LogP contribution < -0.4 is 10.1 Å². The zero-order chi connectivity index (χ0) is 18.7. The van der Waals surface area contributed by atoms with E-state index in [4.69, 9.17) is 4.74 Å². The van der Waals surface area contributed by atoms with Crippen LogP contribution in [0.1, 0.15) is 16.1 Å². The van der Waals surface area contributed by atoms with E-state index in [1.807, 2.05) is 30.3 Å². The lowest BCUT2D eigenvalue weighted by Gasteiger charge is -2.09. The van der Waals surface area contributed by atoms with Gasteiger partial charge in [0.15, 0.2) is 0 Å². The molecular formula is C19H15F2N3O2. The van der Waals surface area contributed by atoms with E-state index in [-0.39, 0.29) is 11.7 Å². The highest BCUT2D eigenvalue weighted by Gasteiger charge is 2.20. The lowest BCUT2D eigenvalue weighted by atomic mass is 10.1. The maximum atomic E-state index is 14.1. The molecule has 0 spiro atoms. The summed E-state index contributed by atoms with van der Waals surface area (Å²) in [4.78, 5) is 20.7. The fourth-order valence-electron chi connectivity index (χ4n) is 2.43. The van der Waals surface area contributed by atoms with Gasteiger partial charge in [0.25, 0.3) is 5.91 Å². The number of anilines is 1. The first-order valence-corrected chi connectivity index (χ1v) is 7.73. The van der Waals surface area contributed by atoms with Gasteiger partial charge in [-0.1, -0.05) is 30.3 Å². The number of hydrogen-bond donors (Lipinski definition) is 1. The topological polar surface area (TPSA) is 64.1 Å². The molecule has 0 unspecified atom stereocenters. The molecule has 0 saturated carbocycles. The number of nitrogens with one attached hydrogen (secondary N) is 1. The normalized spacial score (nSPS) is 10.5. The van der Waals surface area contributed by atoms with Crippen LogP contribution in [0.25, 0.3) is 11.3 Å². The first-order valence-electron chi connectivity index (χ1n) is 7.73. The summed E-state index contributed by atoms with van der Waals surface area (Å²) in [5.74, 6) is -3.10. The van der Waals surface area contributed by atoms with E-state index in [1.54, 1.807) is 13.0 Å². The number of halogens is 2. The summed E-state index contributed by atoms with van der Waals surface area (Å²) in [5.41, 5.74) is 1.29. The molecule has 7 heteroatoms. The Morgan fingerprint density at radius 1 is 1.04 bits per heavy atom. The second kappa shape index (κ2) is 7.26. The molecule has 3 aromatic rings. The molecule has 0 aliphatic carbocycles. The summed E-state index contributed by atoms with van der Waals surface area (Å²) < 4.78 is 32.9. The van der Waals surface area contributed by atoms with Crippen molar-refractivity contribution in [2.75, 3.05) is 12.4 Å². The summed E-state index contributed by atoms with van der Waals surface area (Å²) >= 11 is 0. The van der Waals surface area contributed by atoms with E-state index in [9.17, 15) is 13.6 Å². The lowest BCUT2D eigenvalue weighted by Crippen LogP contribution is -2.18. The molecule has 1 heterocycles. The smallest absolute Gasteiger partial charge is 0.263 e. The monoisotopic (exact) mass is 355 g/mol. The van der Waals surface area contributed by atoms with Gasteiger partial charge in [-0.15, -0.1) is 0 Å². The quantitative estimate of drug-likeness (QED) is 0.769. The van der Waals surface area contributed by atoms with Gasteiger partial charge in [-0.3, -0.25) is 10.1 Å². The number of aromatic nitrogens is 2. The fourth-order valence-corrected chi connectivity index (χ4v) is 2.43. The van der Waals surface area contributed by atoms with Gasteiger partial charge >= 0.3 is 0 Å². The number of rotatable bonds is 4. The number of amides is 1. The molecule has 0 radical (unpaired) electrons. The third-order valence-electron chi connectivity index (χ3n) is 3.63. The zero-order valence-electron chi connectivity index (χ0n) is 14.1. The first-order chi connectivity index (χ1) is 12.5. The van der Waals surface area contributed by atoms with Crippen molar-refractivity contribution in [1.29, 1.82) is 0 Å². The van der Waals surface area contributed by atoms with Crippen LogP contribution in [0, 0.1) is 18.6 Å². The van der Waals surface area contributed by atoms with E-state index < -0.39 is 23.1 Å². The van der Waals surface area contributed by atoms with Crippen LogP contribution in [-0.2, 0) is 0 Å². The summed E-state index contributed by atoms with van der Waals surface area (Å²) in [5, 5.41) is 2.35. The van der Waals surface area contributed by atoms with Crippen LogP contribution in [0.3, 0.4) is 0 Å². The van der Waals surface area contributed by atoms with Crippen LogP contribution in [0.2, 0.25) is 0 Å². The largest absolute Gasteiger partial charge is 0.497 e. The molecule has 0 saturated heterocycles. The molecule has 1 aromatic heterocycles. The highest BCUT2D eigenvalue weighted by molar-refractivity contribution is 6.03. The van der Waals surface area contributed by atoms with Gasteiger partial charge < -0.3 is 4.74 Å². The van der Waals surface area contributed by atoms with Crippen molar-refractivity contribution in [1.82, 2.24) is 9.97 Å². The van der Waals surface area contributed by atoms with Crippen molar-refractivity contribution < 1.29 is 18.3 Å². The molecule has 0 aliphatic rings. The average molecular weight is 355 g/mol. The summed E-state index contributed by atoms with van der Waals surface area (Å²) in [7, 11) is 1.28. The standard InChI is InChI=1S/C19H15F2N3O2/c1-11-8-16(12-6-4-3-5-7-12)23-19(22-11)24-18(25)17-14(20)9-13(26-2)10-15(17)21/h3-10H,1-2H3,(H,22,23,24,25). The minimum atomic E-state index is -1.03. The molecule has 0 aliphatic heterocycles. The van der Waals surface area contributed by atoms with Crippen LogP contribution in [0.15, 0.2) is 48.5 Å². The minimum Gasteiger partial charge on any atom is -0.497 e. The van der Waals surface area contributed by atoms with E-state index in [1.165, 1.54) is 7.11 Å². The van der Waals surface area contributed by atoms with Crippen molar-refractivity contribution >= 4 is 11.9 Å². The highest BCUT2D eigenvalue weighted by atomic mass is 19.1. The van der Waals surface area contributed by atoms with Crippen LogP contribution >= 0.6 is 0 Å². The third-order valence-corrected chi connectivity index (χ3v) is 3.63. The number of hydrogen-bond acceptors (Lipinski definition) is 4. The summed E-state index contributed by atoms with van der Waals surface area (Å²) in [6.45, 7) is 1.73. The number of benzene rings is 2. The van der Waals surface area contributed by atoms with Crippen molar-refractivity contribution in [2.24, 2.45) is 0 Å². The molecule has 132 valence electrons. The lowest BCUT2D eigenvalue weighted by molar-refractivity contribution is 0.101. The molecule has 0 fully saturated rings. The van der Waals surface area contributed by atoms with Gasteiger partial charge in [0.2, 0.25) is 5.95 Å². The Morgan fingerprint density at radius 2 is 1.69 bits per heavy atom. The Bertz CT molecular complexity index is 939. The van der Waals surface area contributed by atoms with Crippen molar-refractivity contribution in [3.8, 4) is 17.0 Å². The van der Waals surface area contributed by atoms with Gasteiger partial charge in [-0.25, -0.2) is 18.7 Å². The van der Waals surface area contributed by atoms with Crippen LogP contribution in [0.5, 0.6) is 5.75 Å². The molecular weight excluding hydrogens is 340 g/mol. The molecule has 1 N–H and O–H groups in total. The third kappa shape index (κ3) is 3.66. The molecule has 3 rings (SSSR count). The van der Waals surface area contributed by atoms with Crippen molar-refractivity contribution in [3.05, 3.63) is 71.4 Å². The van der Waals surface area contributed by atoms with Crippen molar-refractivity contribution in [2.45, 2.75) is 6.92 Å². The predicted molar refractivity (Wildman–Crippen MR) is 93.1 cm³/mol. The van der Waals surface area contributed by atoms with E-state index in [0.29, 0.717) is 11.4 Å². The van der Waals surface area contributed by atoms with Gasteiger partial charge in [0.1, 0.15) is 22.9 Å². The summed E-state index contributed by atoms with van der Waals surface area (Å²) in [6.07, 6.45) is 0. The molecule has 0 atom stereocenters. The van der Waals surface area contributed by atoms with Gasteiger partial charge in [-0.05, 0) is 13.0 Å². The molecule has 1 amide bonds. The Morgan fingerprint density at radius 3 is 2.31 bits per heavy atom. The van der Waals surface area contributed by atoms with Crippen LogP contribution in [0.4, 0.5) is 14.7 Å². The van der Waals surface area contributed by atoms with Gasteiger partial charge in [-0.2, -0.15) is 0 Å². The second-order valence-electron chi connectivity index (χ2n) is 5.50. The number of methoxy groups -OCH3 is 1. The van der Waals surface area contributed by atoms with Crippen LogP contribution in [-0.4, -0.2) is 23.0 Å². The maximum absolute atomic E-state index is 14.1. The first kappa shape index (κ1) is 17.5. The number of carbonyl (C=O) groups is 1. The van der Waals surface area contributed by atoms with Gasteiger partial charge in [0.05, 0.1) is 12.8 Å². The Balaban J connectivity index is 1.92. The predicted octanol–water partition coefficient (Wildman–Crippen LogP) is 3.99. The number of ether oxygens (including phenoxy) is 1. The molecule has 0 bridgehead atoms. The fraction of sp³-hybridized carbons (Fsp3) is 0.105. The molecule has 5 nitrogen and oxygen atoms in total. The number of aryl methyl sites for hydroxylation is 1. The Labute approximate surface area is 148 Å². The second-order valence-corrected chi connectivity index (χ2v) is 5.50. The molecule has 2 aromatic carbocycles. The average Bonchev–Trinajstić information content (AvgIpc) is 2.61.